The van der Waals surface area contributed by atoms with Crippen molar-refractivity contribution in [2.45, 2.75) is 0 Å². The van der Waals surface area contributed by atoms with Gasteiger partial charge in [-0.1, -0.05) is 12.1 Å². The van der Waals surface area contributed by atoms with Crippen molar-refractivity contribution in [1.29, 1.82) is 0 Å². The molecule has 23 heavy (non-hydrogen) atoms. The molecule has 6 N–H and O–H groups in total. The molecule has 0 saturated heterocycles. The zero-order valence-electron chi connectivity index (χ0n) is 11.5. The van der Waals surface area contributed by atoms with E-state index in [1.165, 1.54) is 0 Å². The van der Waals surface area contributed by atoms with Crippen LogP contribution >= 0.6 is 0 Å². The largest absolute Gasteiger partial charge is 2.00 e. The fourth-order valence-electron chi connectivity index (χ4n) is 0.625. The van der Waals surface area contributed by atoms with Crippen molar-refractivity contribution < 1.29 is 38.2 Å². The average Bonchev–Trinajstić information content (AvgIpc) is 2.42. The molecule has 2 aromatic rings. The van der Waals surface area contributed by atoms with Crippen LogP contribution in [0.5, 0.6) is 0 Å². The summed E-state index contributed by atoms with van der Waals surface area (Å²) in [6.07, 6.45) is 7.00. The standard InChI is InChI=1S/2C5H5N.Mn.2NO3.2H2O/c2*1-2-4-6-5-3-1;;2*2-1(3)4;;/h2*1-5H;;;;2*1H2/q;;+2;2*-1;;/p+2. The van der Waals surface area contributed by atoms with Crippen LogP contribution in [0.4, 0.5) is 0 Å². The molecular weight excluding hydrogens is 359 g/mol. The maximum Gasteiger partial charge on any atom is 2.00 e. The summed E-state index contributed by atoms with van der Waals surface area (Å²) in [5.41, 5.74) is 0. The Hall–Kier alpha value is -2.86. The summed E-state index contributed by atoms with van der Waals surface area (Å²) in [7, 11) is 0. The van der Waals surface area contributed by atoms with Crippen LogP contribution < -0.4 is 0 Å². The summed E-state index contributed by atoms with van der Waals surface area (Å²) in [5, 5.41) is 29.5. The van der Waals surface area contributed by atoms with Crippen molar-refractivity contribution in [1.82, 2.24) is 9.97 Å². The van der Waals surface area contributed by atoms with Gasteiger partial charge in [0.15, 0.2) is 0 Å². The Morgan fingerprint density at radius 1 is 0.565 bits per heavy atom. The van der Waals surface area contributed by atoms with Crippen molar-refractivity contribution in [2.75, 3.05) is 0 Å². The molecule has 0 aliphatic rings. The maximum absolute atomic E-state index is 8.25. The Labute approximate surface area is 140 Å². The van der Waals surface area contributed by atoms with Crippen LogP contribution in [0.1, 0.15) is 0 Å². The number of aromatic nitrogens is 2. The van der Waals surface area contributed by atoms with E-state index in [2.05, 4.69) is 9.97 Å². The van der Waals surface area contributed by atoms with E-state index >= 15 is 0 Å². The van der Waals surface area contributed by atoms with E-state index in [0.29, 0.717) is 0 Å². The summed E-state index contributed by atoms with van der Waals surface area (Å²) in [6, 6.07) is 11.4. The quantitative estimate of drug-likeness (QED) is 0.259. The van der Waals surface area contributed by atoms with Crippen molar-refractivity contribution in [3.05, 3.63) is 91.8 Å². The first-order valence-corrected chi connectivity index (χ1v) is 4.79. The fourth-order valence-corrected chi connectivity index (χ4v) is 0.625. The zero-order chi connectivity index (χ0) is 15.6. The van der Waals surface area contributed by atoms with E-state index in [0.717, 1.165) is 0 Å². The first kappa shape index (κ1) is 32.2. The predicted molar refractivity (Wildman–Crippen MR) is 78.9 cm³/mol. The third-order valence-electron chi connectivity index (χ3n) is 1.13. The van der Waals surface area contributed by atoms with Gasteiger partial charge in [-0.2, -0.15) is 0 Å². The molecule has 0 spiro atoms. The summed E-state index contributed by atoms with van der Waals surface area (Å²) in [4.78, 5) is 24.1. The van der Waals surface area contributed by atoms with Crippen molar-refractivity contribution in [3.63, 3.8) is 0 Å². The molecule has 129 valence electrons. The first-order valence-electron chi connectivity index (χ1n) is 4.79. The Balaban J connectivity index is -0.0000000613. The SMILES string of the molecule is O=[N+]([O-])[O-].O=[N+]([O-])[O-].[Mn+2].[OH3+].[OH3+].c1ccncc1.c1ccncc1. The van der Waals surface area contributed by atoms with E-state index in [-0.39, 0.29) is 28.0 Å². The van der Waals surface area contributed by atoms with Gasteiger partial charge in [-0.25, -0.2) is 0 Å². The van der Waals surface area contributed by atoms with Crippen LogP contribution in [0, 0.1) is 30.6 Å². The van der Waals surface area contributed by atoms with Crippen molar-refractivity contribution in [3.8, 4) is 0 Å². The topological polar surface area (TPSA) is 224 Å². The van der Waals surface area contributed by atoms with E-state index in [1.54, 1.807) is 24.8 Å². The molecule has 0 bridgehead atoms. The normalized spacial score (nSPS) is 6.26. The number of hydrogen-bond donors (Lipinski definition) is 0. The molecule has 13 heteroatoms. The second-order valence-corrected chi connectivity index (χ2v) is 2.50. The van der Waals surface area contributed by atoms with Gasteiger partial charge < -0.3 is 41.6 Å². The molecule has 0 aromatic carbocycles. The summed E-state index contributed by atoms with van der Waals surface area (Å²) >= 11 is 0. The van der Waals surface area contributed by atoms with Crippen molar-refractivity contribution in [2.24, 2.45) is 0 Å². The monoisotopic (exact) mass is 375 g/mol. The Bertz CT molecular complexity index is 346. The second-order valence-electron chi connectivity index (χ2n) is 2.50. The molecule has 0 aliphatic heterocycles. The predicted octanol–water partition coefficient (Wildman–Crippen LogP) is -0.161. The van der Waals surface area contributed by atoms with Gasteiger partial charge in [0.1, 0.15) is 0 Å². The van der Waals surface area contributed by atoms with Gasteiger partial charge in [-0.3, -0.25) is 9.97 Å². The minimum atomic E-state index is -1.75. The molecule has 12 nitrogen and oxygen atoms in total. The molecule has 0 fully saturated rings. The van der Waals surface area contributed by atoms with Gasteiger partial charge in [0.25, 0.3) is 0 Å². The van der Waals surface area contributed by atoms with Crippen LogP contribution in [0.15, 0.2) is 61.2 Å². The molecular formula is C10H16MnN4O8+2. The third kappa shape index (κ3) is 67.3. The van der Waals surface area contributed by atoms with Crippen LogP contribution in [0.2, 0.25) is 0 Å². The summed E-state index contributed by atoms with van der Waals surface area (Å²) in [6.45, 7) is 0. The smallest absolute Gasteiger partial charge is 0.457 e. The Kier molecular flexibility index (Phi) is 38.5. The molecule has 2 heterocycles. The summed E-state index contributed by atoms with van der Waals surface area (Å²) in [5.74, 6) is 0. The molecule has 0 atom stereocenters. The van der Waals surface area contributed by atoms with Gasteiger partial charge in [-0.05, 0) is 24.3 Å². The number of rotatable bonds is 0. The van der Waals surface area contributed by atoms with Crippen LogP contribution in [-0.2, 0) is 28.0 Å². The van der Waals surface area contributed by atoms with E-state index in [4.69, 9.17) is 30.6 Å². The molecule has 0 saturated carbocycles. The van der Waals surface area contributed by atoms with Gasteiger partial charge in [-0.15, -0.1) is 0 Å². The van der Waals surface area contributed by atoms with E-state index in [9.17, 15) is 0 Å². The molecule has 0 aliphatic carbocycles. The molecule has 0 amide bonds. The maximum atomic E-state index is 8.25. The average molecular weight is 375 g/mol. The van der Waals surface area contributed by atoms with Crippen LogP contribution in [0.3, 0.4) is 0 Å². The number of pyridine rings is 2. The summed E-state index contributed by atoms with van der Waals surface area (Å²) < 4.78 is 0. The molecule has 1 radical (unpaired) electrons. The van der Waals surface area contributed by atoms with E-state index in [1.807, 2.05) is 36.4 Å². The fraction of sp³-hybridized carbons (Fsp3) is 0. The third-order valence-corrected chi connectivity index (χ3v) is 1.13. The van der Waals surface area contributed by atoms with Gasteiger partial charge in [0.2, 0.25) is 0 Å². The van der Waals surface area contributed by atoms with Crippen LogP contribution in [0.25, 0.3) is 0 Å². The first-order chi connectivity index (χ1) is 9.46. The minimum absolute atomic E-state index is 0. The number of hydrogen-bond acceptors (Lipinski definition) is 8. The zero-order valence-corrected chi connectivity index (χ0v) is 12.7. The Morgan fingerprint density at radius 3 is 0.783 bits per heavy atom. The van der Waals surface area contributed by atoms with Crippen molar-refractivity contribution >= 4 is 0 Å². The second kappa shape index (κ2) is 27.5. The minimum Gasteiger partial charge on any atom is -0.457 e. The Morgan fingerprint density at radius 2 is 0.739 bits per heavy atom. The number of nitrogens with zero attached hydrogens (tertiary/aromatic N) is 4. The van der Waals surface area contributed by atoms with Gasteiger partial charge in [0.05, 0.1) is 10.2 Å². The molecule has 2 rings (SSSR count). The van der Waals surface area contributed by atoms with Crippen LogP contribution in [-0.4, -0.2) is 20.1 Å². The van der Waals surface area contributed by atoms with Gasteiger partial charge in [0, 0.05) is 24.8 Å². The van der Waals surface area contributed by atoms with Gasteiger partial charge >= 0.3 is 17.1 Å². The molecule has 0 unspecified atom stereocenters. The molecule has 2 aromatic heterocycles. The van der Waals surface area contributed by atoms with E-state index < -0.39 is 10.2 Å².